The van der Waals surface area contributed by atoms with Crippen LogP contribution in [0.4, 0.5) is 13.2 Å². The third kappa shape index (κ3) is 4.85. The summed E-state index contributed by atoms with van der Waals surface area (Å²) in [6.07, 6.45) is -4.41. The van der Waals surface area contributed by atoms with Crippen LogP contribution >= 0.6 is 0 Å². The molecule has 0 saturated heterocycles. The highest BCUT2D eigenvalue weighted by molar-refractivity contribution is 6.01. The van der Waals surface area contributed by atoms with Crippen LogP contribution in [0.5, 0.6) is 11.5 Å². The van der Waals surface area contributed by atoms with Gasteiger partial charge in [0.05, 0.1) is 14.2 Å². The fourth-order valence-corrected chi connectivity index (χ4v) is 2.77. The molecule has 0 aliphatic carbocycles. The molecule has 2 aromatic rings. The first kappa shape index (κ1) is 21.3. The van der Waals surface area contributed by atoms with Gasteiger partial charge in [-0.05, 0) is 38.1 Å². The number of aromatic nitrogens is 1. The van der Waals surface area contributed by atoms with E-state index in [4.69, 9.17) is 14.2 Å². The maximum Gasteiger partial charge on any atom is 0.406 e. The normalized spacial score (nSPS) is 11.2. The molecule has 2 rings (SSSR count). The molecule has 6 nitrogen and oxygen atoms in total. The Morgan fingerprint density at radius 2 is 1.71 bits per heavy atom. The summed E-state index contributed by atoms with van der Waals surface area (Å²) in [5.74, 6) is -0.777. The number of aryl methyl sites for hydroxylation is 1. The van der Waals surface area contributed by atoms with Gasteiger partial charge in [-0.25, -0.2) is 4.79 Å². The van der Waals surface area contributed by atoms with Gasteiger partial charge in [0.25, 0.3) is 0 Å². The SMILES string of the molecule is COc1ccc(OC)c(C(=O)OCC(=O)c2cc(C)n(CC(F)(F)F)c2C)c1. The van der Waals surface area contributed by atoms with Gasteiger partial charge < -0.3 is 18.8 Å². The average Bonchev–Trinajstić information content (AvgIpc) is 2.92. The number of nitrogens with zero attached hydrogens (tertiary/aromatic N) is 1. The molecule has 152 valence electrons. The van der Waals surface area contributed by atoms with E-state index in [1.54, 1.807) is 6.07 Å². The Morgan fingerprint density at radius 3 is 2.29 bits per heavy atom. The Bertz CT molecular complexity index is 886. The summed E-state index contributed by atoms with van der Waals surface area (Å²) < 4.78 is 54.2. The zero-order valence-electron chi connectivity index (χ0n) is 15.8. The number of carbonyl (C=O) groups is 2. The largest absolute Gasteiger partial charge is 0.497 e. The molecule has 0 spiro atoms. The van der Waals surface area contributed by atoms with E-state index in [0.717, 1.165) is 4.57 Å². The minimum atomic E-state index is -4.41. The topological polar surface area (TPSA) is 66.8 Å². The number of halogens is 3. The van der Waals surface area contributed by atoms with Crippen LogP contribution in [0.3, 0.4) is 0 Å². The van der Waals surface area contributed by atoms with E-state index in [0.29, 0.717) is 11.4 Å². The van der Waals surface area contributed by atoms with Gasteiger partial charge >= 0.3 is 12.1 Å². The van der Waals surface area contributed by atoms with Crippen LogP contribution in [0.25, 0.3) is 0 Å². The molecule has 0 bridgehead atoms. The Labute approximate surface area is 159 Å². The molecule has 0 fully saturated rings. The number of hydrogen-bond donors (Lipinski definition) is 0. The number of alkyl halides is 3. The van der Waals surface area contributed by atoms with E-state index < -0.39 is 31.1 Å². The van der Waals surface area contributed by atoms with Crippen LogP contribution in [0.15, 0.2) is 24.3 Å². The van der Waals surface area contributed by atoms with Crippen LogP contribution in [0.2, 0.25) is 0 Å². The number of esters is 1. The summed E-state index contributed by atoms with van der Waals surface area (Å²) in [6.45, 7) is 1.08. The first-order valence-electron chi connectivity index (χ1n) is 8.23. The Morgan fingerprint density at radius 1 is 1.04 bits per heavy atom. The monoisotopic (exact) mass is 399 g/mol. The molecule has 9 heteroatoms. The van der Waals surface area contributed by atoms with Gasteiger partial charge in [0.15, 0.2) is 6.61 Å². The maximum atomic E-state index is 12.7. The number of ether oxygens (including phenoxy) is 3. The van der Waals surface area contributed by atoms with E-state index in [9.17, 15) is 22.8 Å². The summed E-state index contributed by atoms with van der Waals surface area (Å²) in [5.41, 5.74) is 0.596. The molecule has 0 unspecified atom stereocenters. The number of Topliss-reactive ketones (excluding diaryl/α,β-unsaturated/α-hetero) is 1. The predicted octanol–water partition coefficient (Wildman–Crippen LogP) is 3.72. The molecule has 0 amide bonds. The quantitative estimate of drug-likeness (QED) is 0.524. The van der Waals surface area contributed by atoms with Crippen molar-refractivity contribution in [3.05, 3.63) is 46.8 Å². The molecular weight excluding hydrogens is 379 g/mol. The van der Waals surface area contributed by atoms with Crippen molar-refractivity contribution in [1.82, 2.24) is 4.57 Å². The molecule has 0 radical (unpaired) electrons. The fraction of sp³-hybridized carbons (Fsp3) is 0.368. The summed E-state index contributed by atoms with van der Waals surface area (Å²) in [5, 5.41) is 0. The van der Waals surface area contributed by atoms with Crippen LogP contribution in [-0.4, -0.2) is 43.3 Å². The second kappa shape index (κ2) is 8.37. The van der Waals surface area contributed by atoms with E-state index >= 15 is 0 Å². The van der Waals surface area contributed by atoms with Crippen molar-refractivity contribution >= 4 is 11.8 Å². The number of rotatable bonds is 7. The highest BCUT2D eigenvalue weighted by Gasteiger charge is 2.30. The van der Waals surface area contributed by atoms with Gasteiger partial charge in [-0.2, -0.15) is 13.2 Å². The van der Waals surface area contributed by atoms with Gasteiger partial charge in [0, 0.05) is 17.0 Å². The van der Waals surface area contributed by atoms with Crippen LogP contribution in [-0.2, 0) is 11.3 Å². The van der Waals surface area contributed by atoms with E-state index in [1.165, 1.54) is 46.3 Å². The highest BCUT2D eigenvalue weighted by Crippen LogP contribution is 2.26. The van der Waals surface area contributed by atoms with Crippen molar-refractivity contribution in [2.24, 2.45) is 0 Å². The molecule has 1 aromatic carbocycles. The number of ketones is 1. The third-order valence-corrected chi connectivity index (χ3v) is 4.17. The second-order valence-electron chi connectivity index (χ2n) is 6.05. The zero-order chi connectivity index (χ0) is 21.1. The fourth-order valence-electron chi connectivity index (χ4n) is 2.77. The van der Waals surface area contributed by atoms with Crippen molar-refractivity contribution in [3.63, 3.8) is 0 Å². The van der Waals surface area contributed by atoms with E-state index in [1.807, 2.05) is 0 Å². The third-order valence-electron chi connectivity index (χ3n) is 4.17. The number of carbonyl (C=O) groups excluding carboxylic acids is 2. The van der Waals surface area contributed by atoms with Gasteiger partial charge in [-0.1, -0.05) is 0 Å². The van der Waals surface area contributed by atoms with Gasteiger partial charge in [0.2, 0.25) is 5.78 Å². The molecule has 1 heterocycles. The van der Waals surface area contributed by atoms with Gasteiger partial charge in [-0.3, -0.25) is 4.79 Å². The molecule has 0 aliphatic rings. The molecular formula is C19H20F3NO5. The molecule has 0 atom stereocenters. The predicted molar refractivity (Wildman–Crippen MR) is 94.1 cm³/mol. The highest BCUT2D eigenvalue weighted by atomic mass is 19.4. The van der Waals surface area contributed by atoms with Crippen molar-refractivity contribution in [2.75, 3.05) is 20.8 Å². The van der Waals surface area contributed by atoms with E-state index in [2.05, 4.69) is 0 Å². The second-order valence-corrected chi connectivity index (χ2v) is 6.05. The maximum absolute atomic E-state index is 12.7. The summed E-state index contributed by atoms with van der Waals surface area (Å²) in [7, 11) is 2.80. The number of benzene rings is 1. The van der Waals surface area contributed by atoms with Gasteiger partial charge in [0.1, 0.15) is 23.6 Å². The standard InChI is InChI=1S/C19H20F3NO5/c1-11-7-14(12(2)23(11)10-19(20,21)22)16(24)9-28-18(25)15-8-13(26-3)5-6-17(15)27-4/h5-8H,9-10H2,1-4H3. The number of methoxy groups -OCH3 is 2. The minimum absolute atomic E-state index is 0.0668. The molecule has 0 aliphatic heterocycles. The van der Waals surface area contributed by atoms with Crippen molar-refractivity contribution in [1.29, 1.82) is 0 Å². The Kier molecular flexibility index (Phi) is 6.37. The zero-order valence-corrected chi connectivity index (χ0v) is 15.8. The van der Waals surface area contributed by atoms with Crippen molar-refractivity contribution in [2.45, 2.75) is 26.6 Å². The Balaban J connectivity index is 2.15. The lowest BCUT2D eigenvalue weighted by atomic mass is 10.1. The molecule has 0 N–H and O–H groups in total. The minimum Gasteiger partial charge on any atom is -0.497 e. The lowest BCUT2D eigenvalue weighted by Crippen LogP contribution is -2.20. The molecule has 1 aromatic heterocycles. The van der Waals surface area contributed by atoms with Crippen LogP contribution in [0.1, 0.15) is 32.1 Å². The first-order chi connectivity index (χ1) is 13.1. The van der Waals surface area contributed by atoms with Crippen molar-refractivity contribution < 1.29 is 37.0 Å². The van der Waals surface area contributed by atoms with E-state index in [-0.39, 0.29) is 22.6 Å². The lowest BCUT2D eigenvalue weighted by Gasteiger charge is -2.12. The lowest BCUT2D eigenvalue weighted by molar-refractivity contribution is -0.141. The average molecular weight is 399 g/mol. The Hall–Kier alpha value is -2.97. The number of hydrogen-bond acceptors (Lipinski definition) is 5. The smallest absolute Gasteiger partial charge is 0.406 e. The molecule has 0 saturated carbocycles. The summed E-state index contributed by atoms with van der Waals surface area (Å²) in [6, 6.07) is 5.86. The first-order valence-corrected chi connectivity index (χ1v) is 8.23. The van der Waals surface area contributed by atoms with Crippen LogP contribution < -0.4 is 9.47 Å². The van der Waals surface area contributed by atoms with Crippen LogP contribution in [0, 0.1) is 13.8 Å². The van der Waals surface area contributed by atoms with Crippen molar-refractivity contribution in [3.8, 4) is 11.5 Å². The summed E-state index contributed by atoms with van der Waals surface area (Å²) in [4.78, 5) is 24.7. The summed E-state index contributed by atoms with van der Waals surface area (Å²) >= 11 is 0. The van der Waals surface area contributed by atoms with Gasteiger partial charge in [-0.15, -0.1) is 0 Å². The molecule has 28 heavy (non-hydrogen) atoms.